The van der Waals surface area contributed by atoms with E-state index in [9.17, 15) is 0 Å². The van der Waals surface area contributed by atoms with Gasteiger partial charge < -0.3 is 4.74 Å². The van der Waals surface area contributed by atoms with Crippen molar-refractivity contribution in [3.05, 3.63) is 64.7 Å². The summed E-state index contributed by atoms with van der Waals surface area (Å²) in [4.78, 5) is 0. The number of aromatic nitrogens is 1. The minimum atomic E-state index is 0.976. The molecular weight excluding hydrogens is 318 g/mol. The van der Waals surface area contributed by atoms with Gasteiger partial charge in [-0.3, -0.25) is 0 Å². The first-order chi connectivity index (χ1) is 12.5. The molecule has 0 saturated heterocycles. The van der Waals surface area contributed by atoms with Gasteiger partial charge in [0.25, 0.3) is 5.69 Å². The number of para-hydroxylation sites is 1. The highest BCUT2D eigenvalue weighted by atomic mass is 16.5. The molecule has 0 N–H and O–H groups in total. The van der Waals surface area contributed by atoms with Crippen molar-refractivity contribution in [3.8, 4) is 22.8 Å². The standard InChI is InChI=1S/C24H22NO/c1-13-10-17-12-14(2)15(3)21-22(17)20(11-13)26-24-16(4)18-8-6-7-9-19(18)25(5)23(21)24/h6-12H,1-5H3/q+1. The van der Waals surface area contributed by atoms with E-state index in [1.807, 2.05) is 0 Å². The number of ether oxygens (including phenoxy) is 1. The largest absolute Gasteiger partial charge is 0.449 e. The van der Waals surface area contributed by atoms with Crippen LogP contribution >= 0.6 is 0 Å². The summed E-state index contributed by atoms with van der Waals surface area (Å²) in [7, 11) is 2.15. The van der Waals surface area contributed by atoms with Gasteiger partial charge in [0.05, 0.1) is 10.9 Å². The maximum Gasteiger partial charge on any atom is 0.257 e. The molecule has 0 spiro atoms. The van der Waals surface area contributed by atoms with Crippen molar-refractivity contribution in [2.45, 2.75) is 27.7 Å². The third-order valence-corrected chi connectivity index (χ3v) is 5.87. The summed E-state index contributed by atoms with van der Waals surface area (Å²) in [5, 5.41) is 3.73. The Labute approximate surface area is 153 Å². The van der Waals surface area contributed by atoms with E-state index in [-0.39, 0.29) is 0 Å². The zero-order valence-corrected chi connectivity index (χ0v) is 15.9. The van der Waals surface area contributed by atoms with Crippen molar-refractivity contribution in [1.29, 1.82) is 0 Å². The van der Waals surface area contributed by atoms with E-state index in [0.29, 0.717) is 0 Å². The lowest BCUT2D eigenvalue weighted by Gasteiger charge is -2.24. The molecule has 0 atom stereocenters. The third-order valence-electron chi connectivity index (χ3n) is 5.87. The zero-order chi connectivity index (χ0) is 18.2. The lowest BCUT2D eigenvalue weighted by molar-refractivity contribution is -0.633. The number of nitrogens with zero attached hydrogens (tertiary/aromatic N) is 1. The van der Waals surface area contributed by atoms with E-state index < -0.39 is 0 Å². The molecule has 0 fully saturated rings. The van der Waals surface area contributed by atoms with Gasteiger partial charge in [-0.15, -0.1) is 0 Å². The quantitative estimate of drug-likeness (QED) is 0.324. The molecule has 3 aromatic carbocycles. The lowest BCUT2D eigenvalue weighted by atomic mass is 9.88. The first kappa shape index (κ1) is 15.4. The Hall–Kier alpha value is -2.87. The first-order valence-electron chi connectivity index (χ1n) is 9.11. The number of rotatable bonds is 0. The van der Waals surface area contributed by atoms with Gasteiger partial charge >= 0.3 is 0 Å². The number of aryl methyl sites for hydroxylation is 4. The highest BCUT2D eigenvalue weighted by Crippen LogP contribution is 2.49. The second-order valence-electron chi connectivity index (χ2n) is 7.54. The second-order valence-corrected chi connectivity index (χ2v) is 7.54. The van der Waals surface area contributed by atoms with Gasteiger partial charge in [-0.25, -0.2) is 0 Å². The van der Waals surface area contributed by atoms with Gasteiger partial charge in [-0.2, -0.15) is 4.57 Å². The first-order valence-corrected chi connectivity index (χ1v) is 9.11. The van der Waals surface area contributed by atoms with Gasteiger partial charge in [0.15, 0.2) is 0 Å². The Morgan fingerprint density at radius 1 is 0.885 bits per heavy atom. The molecule has 2 heterocycles. The normalized spacial score (nSPS) is 12.3. The van der Waals surface area contributed by atoms with Crippen LogP contribution in [-0.2, 0) is 7.05 Å². The molecule has 2 nitrogen and oxygen atoms in total. The van der Waals surface area contributed by atoms with Gasteiger partial charge in [0.2, 0.25) is 11.3 Å². The topological polar surface area (TPSA) is 13.1 Å². The molecule has 0 unspecified atom stereocenters. The minimum absolute atomic E-state index is 0.976. The fourth-order valence-electron chi connectivity index (χ4n) is 4.44. The van der Waals surface area contributed by atoms with Crippen molar-refractivity contribution in [1.82, 2.24) is 0 Å². The van der Waals surface area contributed by atoms with Crippen LogP contribution in [0.4, 0.5) is 0 Å². The van der Waals surface area contributed by atoms with E-state index in [1.165, 1.54) is 55.2 Å². The van der Waals surface area contributed by atoms with Gasteiger partial charge in [-0.05, 0) is 61.9 Å². The SMILES string of the molecule is Cc1cc2c3c(c(C)c(C)cc3c1)-c1c(c(C)c3ccccc3[n+]1C)O2. The summed E-state index contributed by atoms with van der Waals surface area (Å²) in [6.07, 6.45) is 0. The predicted octanol–water partition coefficient (Wildman–Crippen LogP) is 5.82. The van der Waals surface area contributed by atoms with Crippen molar-refractivity contribution in [2.75, 3.05) is 0 Å². The summed E-state index contributed by atoms with van der Waals surface area (Å²) in [5.41, 5.74) is 8.82. The Bertz CT molecular complexity index is 1250. The fourth-order valence-corrected chi connectivity index (χ4v) is 4.44. The van der Waals surface area contributed by atoms with Crippen LogP contribution < -0.4 is 9.30 Å². The highest BCUT2D eigenvalue weighted by Gasteiger charge is 2.33. The molecule has 1 aliphatic heterocycles. The number of hydrogen-bond acceptors (Lipinski definition) is 1. The molecule has 0 saturated carbocycles. The minimum Gasteiger partial charge on any atom is -0.449 e. The van der Waals surface area contributed by atoms with Crippen LogP contribution in [0.1, 0.15) is 22.3 Å². The molecule has 0 bridgehead atoms. The van der Waals surface area contributed by atoms with Crippen LogP contribution in [0, 0.1) is 27.7 Å². The molecule has 0 aliphatic carbocycles. The monoisotopic (exact) mass is 340 g/mol. The second kappa shape index (κ2) is 5.07. The number of benzene rings is 3. The van der Waals surface area contributed by atoms with E-state index in [2.05, 4.69) is 81.8 Å². The Balaban J connectivity index is 2.06. The number of pyridine rings is 1. The van der Waals surface area contributed by atoms with E-state index >= 15 is 0 Å². The van der Waals surface area contributed by atoms with Crippen LogP contribution in [0.3, 0.4) is 0 Å². The van der Waals surface area contributed by atoms with Gasteiger partial charge in [0.1, 0.15) is 12.8 Å². The summed E-state index contributed by atoms with van der Waals surface area (Å²) >= 11 is 0. The van der Waals surface area contributed by atoms with Gasteiger partial charge in [0, 0.05) is 17.0 Å². The maximum absolute atomic E-state index is 6.52. The predicted molar refractivity (Wildman–Crippen MR) is 107 cm³/mol. The molecule has 26 heavy (non-hydrogen) atoms. The molecule has 4 aromatic rings. The van der Waals surface area contributed by atoms with Crippen LogP contribution in [0.25, 0.3) is 32.9 Å². The average Bonchev–Trinajstić information content (AvgIpc) is 2.62. The Morgan fingerprint density at radius 3 is 2.46 bits per heavy atom. The molecule has 0 radical (unpaired) electrons. The molecular formula is C24H22NO+. The fraction of sp³-hybridized carbons (Fsp3) is 0.208. The maximum atomic E-state index is 6.52. The van der Waals surface area contributed by atoms with Crippen molar-refractivity contribution < 1.29 is 9.30 Å². The van der Waals surface area contributed by atoms with E-state index in [1.54, 1.807) is 0 Å². The number of hydrogen-bond donors (Lipinski definition) is 0. The summed E-state index contributed by atoms with van der Waals surface area (Å²) < 4.78 is 8.82. The highest BCUT2D eigenvalue weighted by molar-refractivity contribution is 6.06. The molecule has 2 heteroatoms. The Kier molecular flexibility index (Phi) is 3.00. The van der Waals surface area contributed by atoms with Crippen LogP contribution in [0.2, 0.25) is 0 Å². The van der Waals surface area contributed by atoms with E-state index in [4.69, 9.17) is 4.74 Å². The Morgan fingerprint density at radius 2 is 1.65 bits per heavy atom. The summed E-state index contributed by atoms with van der Waals surface area (Å²) in [5.74, 6) is 1.96. The van der Waals surface area contributed by atoms with Crippen LogP contribution in [0.15, 0.2) is 42.5 Å². The van der Waals surface area contributed by atoms with Crippen LogP contribution in [-0.4, -0.2) is 0 Å². The lowest BCUT2D eigenvalue weighted by Crippen LogP contribution is -2.34. The molecule has 5 rings (SSSR count). The molecule has 128 valence electrons. The zero-order valence-electron chi connectivity index (χ0n) is 15.9. The molecule has 0 amide bonds. The summed E-state index contributed by atoms with van der Waals surface area (Å²) in [6, 6.07) is 15.3. The summed E-state index contributed by atoms with van der Waals surface area (Å²) in [6.45, 7) is 8.74. The van der Waals surface area contributed by atoms with Crippen LogP contribution in [0.5, 0.6) is 11.5 Å². The smallest absolute Gasteiger partial charge is 0.257 e. The number of fused-ring (bicyclic) bond motifs is 3. The molecule has 1 aliphatic rings. The van der Waals surface area contributed by atoms with Crippen molar-refractivity contribution in [3.63, 3.8) is 0 Å². The van der Waals surface area contributed by atoms with Crippen molar-refractivity contribution >= 4 is 21.7 Å². The van der Waals surface area contributed by atoms with Crippen molar-refractivity contribution in [2.24, 2.45) is 7.05 Å². The third kappa shape index (κ3) is 1.84. The van der Waals surface area contributed by atoms with E-state index in [0.717, 1.165) is 11.5 Å². The van der Waals surface area contributed by atoms with Gasteiger partial charge in [-0.1, -0.05) is 24.3 Å². The average molecular weight is 340 g/mol. The molecule has 1 aromatic heterocycles.